The number of rotatable bonds is 3. The maximum absolute atomic E-state index is 13.7. The molecule has 0 spiro atoms. The van der Waals surface area contributed by atoms with Crippen molar-refractivity contribution < 1.29 is 19.7 Å². The standard InChI is InChI=1S/C29H48O4/c1-16(2)18-12-25(33-26(32)13-18)17(3)23-15-24(31)27-21-7-6-19-14-20(30)8-10-28(19,4)22(21)9-11-29(23,27)5/h16-23,25-27,30,32H,6-15H2,1-5H3/t17-,18+,19?,20-,21?,22?,23?,25?,26?,27?,28-,29+/m0/s1. The fraction of sp³-hybridized carbons (Fsp3) is 0.966. The van der Waals surface area contributed by atoms with Crippen LogP contribution in [0, 0.1) is 58.2 Å². The number of ketones is 1. The highest BCUT2D eigenvalue weighted by atomic mass is 16.6. The molecule has 4 aliphatic carbocycles. The van der Waals surface area contributed by atoms with E-state index in [1.165, 1.54) is 19.3 Å². The number of ether oxygens (including phenoxy) is 1. The molecule has 7 unspecified atom stereocenters. The molecule has 33 heavy (non-hydrogen) atoms. The summed E-state index contributed by atoms with van der Waals surface area (Å²) in [5, 5.41) is 20.7. The van der Waals surface area contributed by atoms with Crippen LogP contribution in [0.1, 0.15) is 98.8 Å². The molecule has 4 saturated carbocycles. The van der Waals surface area contributed by atoms with Crippen LogP contribution in [0.5, 0.6) is 0 Å². The topological polar surface area (TPSA) is 66.8 Å². The minimum absolute atomic E-state index is 0.0559. The summed E-state index contributed by atoms with van der Waals surface area (Å²) in [5.41, 5.74) is 0.364. The maximum atomic E-state index is 13.7. The second-order valence-electron chi connectivity index (χ2n) is 13.7. The Hall–Kier alpha value is -0.450. The van der Waals surface area contributed by atoms with E-state index in [1.807, 2.05) is 0 Å². The first-order chi connectivity index (χ1) is 15.5. The number of carbonyl (C=O) groups is 1. The Morgan fingerprint density at radius 2 is 1.67 bits per heavy atom. The molecule has 0 aromatic carbocycles. The van der Waals surface area contributed by atoms with Gasteiger partial charge in [-0.15, -0.1) is 0 Å². The van der Waals surface area contributed by atoms with Crippen molar-refractivity contribution in [2.75, 3.05) is 0 Å². The quantitative estimate of drug-likeness (QED) is 0.576. The largest absolute Gasteiger partial charge is 0.393 e. The van der Waals surface area contributed by atoms with Crippen molar-refractivity contribution in [1.82, 2.24) is 0 Å². The van der Waals surface area contributed by atoms with E-state index in [9.17, 15) is 15.0 Å². The van der Waals surface area contributed by atoms with E-state index in [-0.39, 0.29) is 23.5 Å². The first-order valence-electron chi connectivity index (χ1n) is 14.1. The molecule has 1 saturated heterocycles. The normalized spacial score (nSPS) is 53.3. The summed E-state index contributed by atoms with van der Waals surface area (Å²) in [6.07, 6.45) is 9.49. The lowest BCUT2D eigenvalue weighted by Gasteiger charge is -2.60. The molecule has 0 radical (unpaired) electrons. The zero-order chi connectivity index (χ0) is 23.7. The van der Waals surface area contributed by atoms with Crippen molar-refractivity contribution in [1.29, 1.82) is 0 Å². The van der Waals surface area contributed by atoms with Crippen LogP contribution in [0.4, 0.5) is 0 Å². The maximum Gasteiger partial charge on any atom is 0.155 e. The summed E-state index contributed by atoms with van der Waals surface area (Å²) >= 11 is 0. The highest BCUT2D eigenvalue weighted by molar-refractivity contribution is 5.85. The van der Waals surface area contributed by atoms with E-state index in [0.29, 0.717) is 59.0 Å². The molecule has 0 aromatic heterocycles. The molecular weight excluding hydrogens is 412 g/mol. The van der Waals surface area contributed by atoms with E-state index in [0.717, 1.165) is 38.5 Å². The molecule has 1 heterocycles. The van der Waals surface area contributed by atoms with E-state index in [4.69, 9.17) is 4.74 Å². The Morgan fingerprint density at radius 1 is 0.939 bits per heavy atom. The highest BCUT2D eigenvalue weighted by Gasteiger charge is 2.64. The van der Waals surface area contributed by atoms with Gasteiger partial charge in [0.15, 0.2) is 6.29 Å². The van der Waals surface area contributed by atoms with Gasteiger partial charge >= 0.3 is 0 Å². The number of hydrogen-bond acceptors (Lipinski definition) is 4. The summed E-state index contributed by atoms with van der Waals surface area (Å²) in [5.74, 6) is 4.20. The Balaban J connectivity index is 1.37. The molecule has 5 aliphatic rings. The minimum atomic E-state index is -0.660. The molecule has 5 rings (SSSR count). The van der Waals surface area contributed by atoms with Crippen LogP contribution in [-0.4, -0.2) is 34.5 Å². The van der Waals surface area contributed by atoms with Gasteiger partial charge in [0.05, 0.1) is 12.2 Å². The predicted octanol–water partition coefficient (Wildman–Crippen LogP) is 5.59. The Kier molecular flexibility index (Phi) is 6.31. The molecule has 0 bridgehead atoms. The zero-order valence-corrected chi connectivity index (χ0v) is 21.6. The van der Waals surface area contributed by atoms with Crippen molar-refractivity contribution in [2.45, 2.75) is 117 Å². The summed E-state index contributed by atoms with van der Waals surface area (Å²) in [6, 6.07) is 0. The van der Waals surface area contributed by atoms with Gasteiger partial charge in [-0.2, -0.15) is 0 Å². The lowest BCUT2D eigenvalue weighted by atomic mass is 9.44. The summed E-state index contributed by atoms with van der Waals surface area (Å²) in [7, 11) is 0. The number of aliphatic hydroxyl groups is 2. The van der Waals surface area contributed by atoms with Gasteiger partial charge in [0.25, 0.3) is 0 Å². The van der Waals surface area contributed by atoms with Gasteiger partial charge in [-0.1, -0.05) is 34.6 Å². The average molecular weight is 461 g/mol. The van der Waals surface area contributed by atoms with Crippen molar-refractivity contribution in [2.24, 2.45) is 58.2 Å². The lowest BCUT2D eigenvalue weighted by Crippen LogP contribution is -2.55. The van der Waals surface area contributed by atoms with Crippen LogP contribution in [-0.2, 0) is 9.53 Å². The molecule has 0 amide bonds. The van der Waals surface area contributed by atoms with Crippen molar-refractivity contribution in [3.63, 3.8) is 0 Å². The number of aliphatic hydroxyl groups excluding tert-OH is 2. The number of fused-ring (bicyclic) bond motifs is 5. The number of carbonyl (C=O) groups excluding carboxylic acids is 1. The number of hydrogen-bond donors (Lipinski definition) is 2. The molecule has 5 fully saturated rings. The molecule has 12 atom stereocenters. The smallest absolute Gasteiger partial charge is 0.155 e. The molecule has 188 valence electrons. The second-order valence-corrected chi connectivity index (χ2v) is 13.7. The average Bonchev–Trinajstić information content (AvgIpc) is 3.04. The molecule has 0 aromatic rings. The third-order valence-corrected chi connectivity index (χ3v) is 12.0. The van der Waals surface area contributed by atoms with Gasteiger partial charge in [0, 0.05) is 18.8 Å². The Morgan fingerprint density at radius 3 is 2.39 bits per heavy atom. The first kappa shape index (κ1) is 24.3. The van der Waals surface area contributed by atoms with Crippen LogP contribution in [0.15, 0.2) is 0 Å². The van der Waals surface area contributed by atoms with Crippen molar-refractivity contribution in [3.05, 3.63) is 0 Å². The van der Waals surface area contributed by atoms with Crippen LogP contribution in [0.2, 0.25) is 0 Å². The minimum Gasteiger partial charge on any atom is -0.393 e. The van der Waals surface area contributed by atoms with Crippen molar-refractivity contribution in [3.8, 4) is 0 Å². The van der Waals surface area contributed by atoms with Gasteiger partial charge in [0.1, 0.15) is 5.78 Å². The Bertz CT molecular complexity index is 750. The van der Waals surface area contributed by atoms with Gasteiger partial charge in [0.2, 0.25) is 0 Å². The van der Waals surface area contributed by atoms with Gasteiger partial charge in [-0.3, -0.25) is 4.79 Å². The monoisotopic (exact) mass is 460 g/mol. The third kappa shape index (κ3) is 3.85. The summed E-state index contributed by atoms with van der Waals surface area (Å²) in [4.78, 5) is 13.7. The van der Waals surface area contributed by atoms with Gasteiger partial charge < -0.3 is 14.9 Å². The van der Waals surface area contributed by atoms with Gasteiger partial charge in [-0.05, 0) is 104 Å². The van der Waals surface area contributed by atoms with E-state index >= 15 is 0 Å². The Labute approximate surface area is 201 Å². The van der Waals surface area contributed by atoms with E-state index in [2.05, 4.69) is 34.6 Å². The zero-order valence-electron chi connectivity index (χ0n) is 21.6. The summed E-state index contributed by atoms with van der Waals surface area (Å²) in [6.45, 7) is 11.7. The molecule has 2 N–H and O–H groups in total. The predicted molar refractivity (Wildman–Crippen MR) is 129 cm³/mol. The van der Waals surface area contributed by atoms with Crippen molar-refractivity contribution >= 4 is 5.78 Å². The van der Waals surface area contributed by atoms with Crippen LogP contribution >= 0.6 is 0 Å². The van der Waals surface area contributed by atoms with Crippen LogP contribution in [0.3, 0.4) is 0 Å². The SMILES string of the molecule is CC(C)[C@H]1CC(O)OC([C@@H](C)C2CC(=O)C3C4CCC5C[C@@H](O)CC[C@]5(C)C4CC[C@@]32C)C1. The lowest BCUT2D eigenvalue weighted by molar-refractivity contribution is -0.205. The highest BCUT2D eigenvalue weighted by Crippen LogP contribution is 2.67. The second kappa shape index (κ2) is 8.59. The fourth-order valence-electron chi connectivity index (χ4n) is 9.97. The van der Waals surface area contributed by atoms with Crippen LogP contribution < -0.4 is 0 Å². The third-order valence-electron chi connectivity index (χ3n) is 12.0. The van der Waals surface area contributed by atoms with E-state index < -0.39 is 6.29 Å². The molecule has 4 heteroatoms. The number of Topliss-reactive ketones (excluding diaryl/α,β-unsaturated/α-hetero) is 1. The summed E-state index contributed by atoms with van der Waals surface area (Å²) < 4.78 is 6.12. The molecular formula is C29H48O4. The molecule has 1 aliphatic heterocycles. The van der Waals surface area contributed by atoms with Gasteiger partial charge in [-0.25, -0.2) is 0 Å². The fourth-order valence-corrected chi connectivity index (χ4v) is 9.97. The van der Waals surface area contributed by atoms with E-state index in [1.54, 1.807) is 0 Å². The molecule has 4 nitrogen and oxygen atoms in total. The van der Waals surface area contributed by atoms with Crippen LogP contribution in [0.25, 0.3) is 0 Å². The first-order valence-corrected chi connectivity index (χ1v) is 14.1.